The smallest absolute Gasteiger partial charge is 0.191 e. The molecule has 0 spiro atoms. The number of aliphatic imine (C=N–C) groups is 1. The highest BCUT2D eigenvalue weighted by Crippen LogP contribution is 2.24. The summed E-state index contributed by atoms with van der Waals surface area (Å²) >= 11 is 0. The van der Waals surface area contributed by atoms with E-state index >= 15 is 0 Å². The molecule has 2 saturated heterocycles. The molecular weight excluding hydrogens is 320 g/mol. The summed E-state index contributed by atoms with van der Waals surface area (Å²) in [5.41, 5.74) is 7.43. The van der Waals surface area contributed by atoms with Crippen molar-refractivity contribution < 1.29 is 14.2 Å². The molecule has 1 aromatic carbocycles. The Morgan fingerprint density at radius 1 is 1.08 bits per heavy atom. The summed E-state index contributed by atoms with van der Waals surface area (Å²) in [6, 6.07) is 8.41. The maximum Gasteiger partial charge on any atom is 0.191 e. The molecule has 138 valence electrons. The average Bonchev–Trinajstić information content (AvgIpc) is 2.70. The van der Waals surface area contributed by atoms with Crippen LogP contribution in [0.15, 0.2) is 29.3 Å². The van der Waals surface area contributed by atoms with Crippen LogP contribution in [0.25, 0.3) is 0 Å². The van der Waals surface area contributed by atoms with E-state index in [-0.39, 0.29) is 6.04 Å². The zero-order valence-corrected chi connectivity index (χ0v) is 14.9. The standard InChI is InChI=1S/C18H28N4O3/c1-23-16-4-2-15(3-5-16)17(21-6-10-24-11-7-21)14-20-18(19)22-8-12-25-13-9-22/h2-5,17H,6-14H2,1H3,(H2,19,20). The molecule has 0 aromatic heterocycles. The van der Waals surface area contributed by atoms with Gasteiger partial charge in [-0.25, -0.2) is 0 Å². The van der Waals surface area contributed by atoms with Crippen molar-refractivity contribution in [3.8, 4) is 5.75 Å². The van der Waals surface area contributed by atoms with Crippen molar-refractivity contribution >= 4 is 5.96 Å². The lowest BCUT2D eigenvalue weighted by Crippen LogP contribution is -2.45. The topological polar surface area (TPSA) is 72.5 Å². The van der Waals surface area contributed by atoms with Crippen LogP contribution in [0.5, 0.6) is 5.75 Å². The van der Waals surface area contributed by atoms with Gasteiger partial charge < -0.3 is 24.8 Å². The Morgan fingerprint density at radius 2 is 1.68 bits per heavy atom. The van der Waals surface area contributed by atoms with Gasteiger partial charge >= 0.3 is 0 Å². The van der Waals surface area contributed by atoms with Crippen LogP contribution in [0.1, 0.15) is 11.6 Å². The van der Waals surface area contributed by atoms with E-state index in [2.05, 4.69) is 21.9 Å². The van der Waals surface area contributed by atoms with Crippen molar-refractivity contribution in [3.63, 3.8) is 0 Å². The first-order valence-corrected chi connectivity index (χ1v) is 8.86. The van der Waals surface area contributed by atoms with Gasteiger partial charge in [-0.3, -0.25) is 9.89 Å². The lowest BCUT2D eigenvalue weighted by Gasteiger charge is -2.34. The predicted octanol–water partition coefficient (Wildman–Crippen LogP) is 0.715. The third kappa shape index (κ3) is 4.84. The highest BCUT2D eigenvalue weighted by Gasteiger charge is 2.23. The van der Waals surface area contributed by atoms with Crippen LogP contribution in [0, 0.1) is 0 Å². The molecule has 1 aromatic rings. The fourth-order valence-corrected chi connectivity index (χ4v) is 3.22. The zero-order valence-electron chi connectivity index (χ0n) is 14.9. The molecular formula is C18H28N4O3. The second-order valence-corrected chi connectivity index (χ2v) is 6.24. The van der Waals surface area contributed by atoms with E-state index in [4.69, 9.17) is 24.9 Å². The molecule has 7 heteroatoms. The van der Waals surface area contributed by atoms with Crippen molar-refractivity contribution in [2.45, 2.75) is 6.04 Å². The van der Waals surface area contributed by atoms with Gasteiger partial charge in [0.15, 0.2) is 5.96 Å². The van der Waals surface area contributed by atoms with Gasteiger partial charge in [-0.15, -0.1) is 0 Å². The minimum Gasteiger partial charge on any atom is -0.497 e. The fourth-order valence-electron chi connectivity index (χ4n) is 3.22. The van der Waals surface area contributed by atoms with Crippen LogP contribution >= 0.6 is 0 Å². The first-order chi connectivity index (χ1) is 12.3. The zero-order chi connectivity index (χ0) is 17.5. The number of methoxy groups -OCH3 is 1. The Labute approximate surface area is 149 Å². The molecule has 25 heavy (non-hydrogen) atoms. The van der Waals surface area contributed by atoms with E-state index in [1.54, 1.807) is 7.11 Å². The Hall–Kier alpha value is -1.83. The van der Waals surface area contributed by atoms with Gasteiger partial charge in [0.2, 0.25) is 0 Å². The van der Waals surface area contributed by atoms with Gasteiger partial charge in [0.25, 0.3) is 0 Å². The maximum absolute atomic E-state index is 6.21. The Kier molecular flexibility index (Phi) is 6.49. The maximum atomic E-state index is 6.21. The minimum atomic E-state index is 0.189. The average molecular weight is 348 g/mol. The van der Waals surface area contributed by atoms with Crippen molar-refractivity contribution in [3.05, 3.63) is 29.8 Å². The van der Waals surface area contributed by atoms with E-state index < -0.39 is 0 Å². The van der Waals surface area contributed by atoms with Gasteiger partial charge in [0, 0.05) is 26.2 Å². The molecule has 7 nitrogen and oxygen atoms in total. The minimum absolute atomic E-state index is 0.189. The van der Waals surface area contributed by atoms with Crippen LogP contribution in [0.4, 0.5) is 0 Å². The van der Waals surface area contributed by atoms with Gasteiger partial charge in [0.05, 0.1) is 46.1 Å². The summed E-state index contributed by atoms with van der Waals surface area (Å²) in [5.74, 6) is 1.47. The molecule has 0 bridgehead atoms. The lowest BCUT2D eigenvalue weighted by molar-refractivity contribution is 0.0178. The van der Waals surface area contributed by atoms with Crippen molar-refractivity contribution in [1.82, 2.24) is 9.80 Å². The van der Waals surface area contributed by atoms with E-state index in [1.807, 2.05) is 12.1 Å². The predicted molar refractivity (Wildman–Crippen MR) is 97.0 cm³/mol. The first kappa shape index (κ1) is 18.0. The summed E-state index contributed by atoms with van der Waals surface area (Å²) in [6.45, 7) is 7.00. The monoisotopic (exact) mass is 348 g/mol. The van der Waals surface area contributed by atoms with E-state index in [1.165, 1.54) is 5.56 Å². The molecule has 3 rings (SSSR count). The summed E-state index contributed by atoms with van der Waals surface area (Å²) in [4.78, 5) is 9.20. The molecule has 0 aliphatic carbocycles. The van der Waals surface area contributed by atoms with Crippen LogP contribution in [-0.4, -0.2) is 82.0 Å². The van der Waals surface area contributed by atoms with E-state index in [0.717, 1.165) is 45.1 Å². The SMILES string of the molecule is COc1ccc(C(CN=C(N)N2CCOCC2)N2CCOCC2)cc1. The number of morpholine rings is 2. The van der Waals surface area contributed by atoms with E-state index in [9.17, 15) is 0 Å². The Balaban J connectivity index is 1.72. The summed E-state index contributed by atoms with van der Waals surface area (Å²) < 4.78 is 16.1. The number of nitrogens with zero attached hydrogens (tertiary/aromatic N) is 3. The molecule has 0 amide bonds. The lowest BCUT2D eigenvalue weighted by atomic mass is 10.0. The van der Waals surface area contributed by atoms with Gasteiger partial charge in [-0.1, -0.05) is 12.1 Å². The molecule has 2 heterocycles. The normalized spacial score (nSPS) is 21.2. The molecule has 2 aliphatic heterocycles. The van der Waals surface area contributed by atoms with Crippen molar-refractivity contribution in [2.24, 2.45) is 10.7 Å². The molecule has 0 saturated carbocycles. The first-order valence-electron chi connectivity index (χ1n) is 8.86. The van der Waals surface area contributed by atoms with Crippen molar-refractivity contribution in [2.75, 3.05) is 66.3 Å². The van der Waals surface area contributed by atoms with Crippen LogP contribution in [-0.2, 0) is 9.47 Å². The van der Waals surface area contributed by atoms with Crippen LogP contribution in [0.3, 0.4) is 0 Å². The second kappa shape index (κ2) is 9.03. The van der Waals surface area contributed by atoms with Gasteiger partial charge in [-0.05, 0) is 17.7 Å². The molecule has 2 N–H and O–H groups in total. The van der Waals surface area contributed by atoms with Gasteiger partial charge in [-0.2, -0.15) is 0 Å². The number of hydrogen-bond donors (Lipinski definition) is 1. The number of nitrogens with two attached hydrogens (primary N) is 1. The highest BCUT2D eigenvalue weighted by molar-refractivity contribution is 5.78. The number of guanidine groups is 1. The quantitative estimate of drug-likeness (QED) is 0.624. The molecule has 0 radical (unpaired) electrons. The third-order valence-electron chi connectivity index (χ3n) is 4.75. The van der Waals surface area contributed by atoms with E-state index in [0.29, 0.717) is 25.7 Å². The second-order valence-electron chi connectivity index (χ2n) is 6.24. The third-order valence-corrected chi connectivity index (χ3v) is 4.75. The number of ether oxygens (including phenoxy) is 3. The largest absolute Gasteiger partial charge is 0.497 e. The van der Waals surface area contributed by atoms with Crippen LogP contribution in [0.2, 0.25) is 0 Å². The number of rotatable bonds is 5. The number of benzene rings is 1. The number of hydrogen-bond acceptors (Lipinski definition) is 5. The molecule has 1 unspecified atom stereocenters. The molecule has 2 fully saturated rings. The van der Waals surface area contributed by atoms with Gasteiger partial charge in [0.1, 0.15) is 5.75 Å². The Morgan fingerprint density at radius 3 is 2.28 bits per heavy atom. The highest BCUT2D eigenvalue weighted by atomic mass is 16.5. The summed E-state index contributed by atoms with van der Waals surface area (Å²) in [6.07, 6.45) is 0. The molecule has 1 atom stereocenters. The fraction of sp³-hybridized carbons (Fsp3) is 0.611. The van der Waals surface area contributed by atoms with Crippen LogP contribution < -0.4 is 10.5 Å². The molecule has 2 aliphatic rings. The summed E-state index contributed by atoms with van der Waals surface area (Å²) in [5, 5.41) is 0. The van der Waals surface area contributed by atoms with Crippen molar-refractivity contribution in [1.29, 1.82) is 0 Å². The Bertz CT molecular complexity index is 552. The summed E-state index contributed by atoms with van der Waals surface area (Å²) in [7, 11) is 1.68.